The smallest absolute Gasteiger partial charge is 0.407 e. The lowest BCUT2D eigenvalue weighted by Crippen LogP contribution is -2.46. The van der Waals surface area contributed by atoms with Gasteiger partial charge in [-0.1, -0.05) is 61.9 Å². The second-order valence-electron chi connectivity index (χ2n) is 7.96. The lowest BCUT2D eigenvalue weighted by molar-refractivity contribution is -0.123. The number of aromatic carboxylic acids is 1. The number of hydrogen-bond acceptors (Lipinski definition) is 6. The minimum atomic E-state index is -1.25. The summed E-state index contributed by atoms with van der Waals surface area (Å²) < 4.78 is 10.6. The molecule has 1 aromatic heterocycles. The standard InChI is InChI=1S/C25H25N3O6/c1-2-7-20(23(29)26-12-21-22(24(30)31)27-14-34-21)28-25(32)33-13-19-17-10-5-3-8-15(17)16-9-4-6-11-18(16)19/h3-6,8-11,14,19-20H,2,7,12-13H2,1H3,(H,26,29)(H,28,32)(H,30,31)/t20-/m0/s1. The summed E-state index contributed by atoms with van der Waals surface area (Å²) >= 11 is 0. The van der Waals surface area contributed by atoms with Gasteiger partial charge in [0, 0.05) is 5.92 Å². The molecule has 0 fully saturated rings. The van der Waals surface area contributed by atoms with E-state index in [9.17, 15) is 14.4 Å². The Morgan fingerprint density at radius 1 is 1.09 bits per heavy atom. The van der Waals surface area contributed by atoms with E-state index in [-0.39, 0.29) is 30.5 Å². The van der Waals surface area contributed by atoms with E-state index < -0.39 is 24.0 Å². The van der Waals surface area contributed by atoms with E-state index in [2.05, 4.69) is 27.8 Å². The summed E-state index contributed by atoms with van der Waals surface area (Å²) in [5.41, 5.74) is 4.19. The maximum absolute atomic E-state index is 12.6. The Morgan fingerprint density at radius 3 is 2.35 bits per heavy atom. The number of rotatable bonds is 9. The number of fused-ring (bicyclic) bond motifs is 3. The molecule has 0 saturated heterocycles. The first-order valence-corrected chi connectivity index (χ1v) is 11.0. The van der Waals surface area contributed by atoms with Crippen LogP contribution in [0.3, 0.4) is 0 Å². The van der Waals surface area contributed by atoms with E-state index >= 15 is 0 Å². The van der Waals surface area contributed by atoms with Gasteiger partial charge in [0.2, 0.25) is 5.91 Å². The van der Waals surface area contributed by atoms with Crippen molar-refractivity contribution >= 4 is 18.0 Å². The molecule has 0 unspecified atom stereocenters. The monoisotopic (exact) mass is 463 g/mol. The Balaban J connectivity index is 1.36. The number of aromatic nitrogens is 1. The highest BCUT2D eigenvalue weighted by Gasteiger charge is 2.30. The molecule has 1 aliphatic carbocycles. The molecule has 0 bridgehead atoms. The minimum absolute atomic E-state index is 0.0252. The highest BCUT2D eigenvalue weighted by Crippen LogP contribution is 2.44. The number of oxazole rings is 1. The maximum atomic E-state index is 12.6. The van der Waals surface area contributed by atoms with Crippen molar-refractivity contribution in [1.82, 2.24) is 15.6 Å². The number of ether oxygens (including phenoxy) is 1. The fourth-order valence-electron chi connectivity index (χ4n) is 4.20. The van der Waals surface area contributed by atoms with E-state index in [1.165, 1.54) is 0 Å². The molecule has 3 N–H and O–H groups in total. The van der Waals surface area contributed by atoms with Gasteiger partial charge in [0.05, 0.1) is 6.54 Å². The minimum Gasteiger partial charge on any atom is -0.476 e. The normalized spacial score (nSPS) is 13.0. The van der Waals surface area contributed by atoms with Gasteiger partial charge in [-0.2, -0.15) is 0 Å². The third-order valence-corrected chi connectivity index (χ3v) is 5.80. The molecule has 176 valence electrons. The average molecular weight is 463 g/mol. The molecule has 2 aromatic carbocycles. The number of carboxylic acid groups (broad SMARTS) is 1. The number of carboxylic acids is 1. The largest absolute Gasteiger partial charge is 0.476 e. The molecule has 9 nitrogen and oxygen atoms in total. The summed E-state index contributed by atoms with van der Waals surface area (Å²) in [6.45, 7) is 1.87. The summed E-state index contributed by atoms with van der Waals surface area (Å²) in [6, 6.07) is 15.2. The van der Waals surface area contributed by atoms with Crippen molar-refractivity contribution in [3.05, 3.63) is 77.5 Å². The highest BCUT2D eigenvalue weighted by molar-refractivity contribution is 5.87. The lowest BCUT2D eigenvalue weighted by Gasteiger charge is -2.19. The van der Waals surface area contributed by atoms with Crippen molar-refractivity contribution in [3.8, 4) is 11.1 Å². The predicted molar refractivity (Wildman–Crippen MR) is 122 cm³/mol. The molecule has 4 rings (SSSR count). The number of nitrogens with one attached hydrogen (secondary N) is 2. The summed E-state index contributed by atoms with van der Waals surface area (Å²) in [6.07, 6.45) is 1.34. The van der Waals surface area contributed by atoms with Crippen LogP contribution in [0.5, 0.6) is 0 Å². The first-order chi connectivity index (χ1) is 16.5. The van der Waals surface area contributed by atoms with Gasteiger partial charge < -0.3 is 24.9 Å². The Kier molecular flexibility index (Phi) is 6.91. The SMILES string of the molecule is CCC[C@H](NC(=O)OCC1c2ccccc2-c2ccccc21)C(=O)NCc1ocnc1C(=O)O. The maximum Gasteiger partial charge on any atom is 0.407 e. The van der Waals surface area contributed by atoms with Crippen LogP contribution in [0, 0.1) is 0 Å². The van der Waals surface area contributed by atoms with Gasteiger partial charge in [-0.05, 0) is 28.7 Å². The molecule has 0 saturated carbocycles. The number of hydrogen-bond donors (Lipinski definition) is 3. The zero-order chi connectivity index (χ0) is 24.1. The number of carbonyl (C=O) groups is 3. The molecule has 1 heterocycles. The van der Waals surface area contributed by atoms with Crippen LogP contribution in [-0.4, -0.2) is 40.7 Å². The number of benzene rings is 2. The molecular weight excluding hydrogens is 438 g/mol. The van der Waals surface area contributed by atoms with Gasteiger partial charge in [0.15, 0.2) is 17.8 Å². The first kappa shape index (κ1) is 23.0. The molecule has 1 atom stereocenters. The van der Waals surface area contributed by atoms with Crippen molar-refractivity contribution in [2.45, 2.75) is 38.3 Å². The van der Waals surface area contributed by atoms with E-state index in [1.807, 2.05) is 43.3 Å². The second-order valence-corrected chi connectivity index (χ2v) is 7.96. The quantitative estimate of drug-likeness (QED) is 0.441. The van der Waals surface area contributed by atoms with Crippen molar-refractivity contribution in [3.63, 3.8) is 0 Å². The van der Waals surface area contributed by atoms with Crippen LogP contribution in [-0.2, 0) is 16.1 Å². The molecule has 3 aromatic rings. The Bertz CT molecular complexity index is 1160. The van der Waals surface area contributed by atoms with Crippen molar-refractivity contribution < 1.29 is 28.6 Å². The van der Waals surface area contributed by atoms with Crippen LogP contribution in [0.15, 0.2) is 59.3 Å². The number of alkyl carbamates (subject to hydrolysis) is 1. The number of nitrogens with zero attached hydrogens (tertiary/aromatic N) is 1. The Hall–Kier alpha value is -4.14. The van der Waals surface area contributed by atoms with Crippen molar-refractivity contribution in [2.75, 3.05) is 6.61 Å². The van der Waals surface area contributed by atoms with E-state index in [1.54, 1.807) is 0 Å². The zero-order valence-electron chi connectivity index (χ0n) is 18.6. The van der Waals surface area contributed by atoms with Crippen LogP contribution < -0.4 is 10.6 Å². The molecule has 2 amide bonds. The third-order valence-electron chi connectivity index (χ3n) is 5.80. The lowest BCUT2D eigenvalue weighted by atomic mass is 9.98. The molecule has 0 aliphatic heterocycles. The van der Waals surface area contributed by atoms with Crippen molar-refractivity contribution in [2.24, 2.45) is 0 Å². The molecule has 0 radical (unpaired) electrons. The van der Waals surface area contributed by atoms with E-state index in [0.29, 0.717) is 12.8 Å². The first-order valence-electron chi connectivity index (χ1n) is 11.0. The van der Waals surface area contributed by atoms with Crippen LogP contribution in [0.1, 0.15) is 53.1 Å². The van der Waals surface area contributed by atoms with Crippen LogP contribution in [0.2, 0.25) is 0 Å². The second kappa shape index (κ2) is 10.2. The highest BCUT2D eigenvalue weighted by atomic mass is 16.5. The summed E-state index contributed by atoms with van der Waals surface area (Å²) in [5, 5.41) is 14.3. The zero-order valence-corrected chi connectivity index (χ0v) is 18.6. The summed E-state index contributed by atoms with van der Waals surface area (Å²) in [4.78, 5) is 40.0. The fourth-order valence-corrected chi connectivity index (χ4v) is 4.20. The summed E-state index contributed by atoms with van der Waals surface area (Å²) in [7, 11) is 0. The Labute approximate surface area is 196 Å². The van der Waals surface area contributed by atoms with Crippen molar-refractivity contribution in [1.29, 1.82) is 0 Å². The molecule has 1 aliphatic rings. The summed E-state index contributed by atoms with van der Waals surface area (Å²) in [5.74, 6) is -1.78. The molecular formula is C25H25N3O6. The van der Waals surface area contributed by atoms with Gasteiger partial charge in [-0.15, -0.1) is 0 Å². The number of carbonyl (C=O) groups excluding carboxylic acids is 2. The molecule has 0 spiro atoms. The van der Waals surface area contributed by atoms with Gasteiger partial charge in [-0.3, -0.25) is 4.79 Å². The third kappa shape index (κ3) is 4.78. The van der Waals surface area contributed by atoms with Gasteiger partial charge in [0.25, 0.3) is 0 Å². The van der Waals surface area contributed by atoms with E-state index in [0.717, 1.165) is 28.6 Å². The fraction of sp³-hybridized carbons (Fsp3) is 0.280. The number of amides is 2. The van der Waals surface area contributed by atoms with Gasteiger partial charge >= 0.3 is 12.1 Å². The van der Waals surface area contributed by atoms with Crippen LogP contribution in [0.4, 0.5) is 4.79 Å². The van der Waals surface area contributed by atoms with Crippen LogP contribution >= 0.6 is 0 Å². The average Bonchev–Trinajstić information content (AvgIpc) is 3.44. The van der Waals surface area contributed by atoms with Gasteiger partial charge in [0.1, 0.15) is 12.6 Å². The molecule has 34 heavy (non-hydrogen) atoms. The van der Waals surface area contributed by atoms with E-state index in [4.69, 9.17) is 14.3 Å². The van der Waals surface area contributed by atoms with Crippen LogP contribution in [0.25, 0.3) is 11.1 Å². The Morgan fingerprint density at radius 2 is 1.74 bits per heavy atom. The topological polar surface area (TPSA) is 131 Å². The van der Waals surface area contributed by atoms with Gasteiger partial charge in [-0.25, -0.2) is 14.6 Å². The molecule has 9 heteroatoms. The predicted octanol–water partition coefficient (Wildman–Crippen LogP) is 3.70.